The van der Waals surface area contributed by atoms with Crippen molar-refractivity contribution in [2.45, 2.75) is 92.4 Å². The maximum absolute atomic E-state index is 2.43. The topological polar surface area (TPSA) is 0 Å². The quantitative estimate of drug-likeness (QED) is 0.245. The van der Waals surface area contributed by atoms with Gasteiger partial charge in [-0.15, -0.1) is 0 Å². The van der Waals surface area contributed by atoms with E-state index < -0.39 is 0 Å². The fraction of sp³-hybridized carbons (Fsp3) is 0.680. The third-order valence-electron chi connectivity index (χ3n) is 4.57. The van der Waals surface area contributed by atoms with E-state index >= 15 is 0 Å². The molecule has 1 heteroatoms. The zero-order valence-electron chi connectivity index (χ0n) is 18.2. The summed E-state index contributed by atoms with van der Waals surface area (Å²) in [6.07, 6.45) is 16.2. The lowest BCUT2D eigenvalue weighted by Crippen LogP contribution is -1.93. The second-order valence-electron chi connectivity index (χ2n) is 7.04. The SMILES string of the molecule is CCCCSCC.CCCc1cccc(CC/C=C/C(CC)CCC)c1. The van der Waals surface area contributed by atoms with Crippen LogP contribution in [0.1, 0.15) is 90.7 Å². The number of hydrogen-bond acceptors (Lipinski definition) is 1. The lowest BCUT2D eigenvalue weighted by molar-refractivity contribution is 0.561. The Morgan fingerprint density at radius 3 is 2.23 bits per heavy atom. The molecule has 0 radical (unpaired) electrons. The predicted octanol–water partition coefficient (Wildman–Crippen LogP) is 8.49. The second-order valence-corrected chi connectivity index (χ2v) is 8.44. The Labute approximate surface area is 169 Å². The minimum Gasteiger partial charge on any atom is -0.162 e. The number of benzene rings is 1. The number of thioether (sulfide) groups is 1. The van der Waals surface area contributed by atoms with E-state index in [2.05, 4.69) is 71.0 Å². The maximum Gasteiger partial charge on any atom is -0.00677 e. The van der Waals surface area contributed by atoms with Gasteiger partial charge in [-0.1, -0.05) is 90.3 Å². The van der Waals surface area contributed by atoms with E-state index in [1.807, 2.05) is 11.8 Å². The zero-order valence-corrected chi connectivity index (χ0v) is 19.0. The molecule has 0 aromatic heterocycles. The molecule has 0 amide bonds. The van der Waals surface area contributed by atoms with Crippen molar-refractivity contribution in [3.05, 3.63) is 47.5 Å². The van der Waals surface area contributed by atoms with Crippen molar-refractivity contribution in [3.8, 4) is 0 Å². The van der Waals surface area contributed by atoms with Crippen LogP contribution in [0.4, 0.5) is 0 Å². The second kappa shape index (κ2) is 19.1. The fourth-order valence-corrected chi connectivity index (χ4v) is 3.75. The number of hydrogen-bond donors (Lipinski definition) is 0. The highest BCUT2D eigenvalue weighted by molar-refractivity contribution is 7.99. The summed E-state index contributed by atoms with van der Waals surface area (Å²) in [5.74, 6) is 3.42. The Morgan fingerprint density at radius 1 is 0.923 bits per heavy atom. The average molecular weight is 377 g/mol. The van der Waals surface area contributed by atoms with E-state index in [9.17, 15) is 0 Å². The third-order valence-corrected chi connectivity index (χ3v) is 5.55. The monoisotopic (exact) mass is 376 g/mol. The molecule has 0 spiro atoms. The van der Waals surface area contributed by atoms with E-state index in [0.717, 1.165) is 5.92 Å². The largest absolute Gasteiger partial charge is 0.162 e. The van der Waals surface area contributed by atoms with Crippen molar-refractivity contribution in [1.82, 2.24) is 0 Å². The van der Waals surface area contributed by atoms with Crippen LogP contribution in [-0.4, -0.2) is 11.5 Å². The van der Waals surface area contributed by atoms with Crippen LogP contribution in [0.15, 0.2) is 36.4 Å². The molecule has 0 saturated heterocycles. The number of allylic oxidation sites excluding steroid dienone is 2. The summed E-state index contributed by atoms with van der Waals surface area (Å²) >= 11 is 2.03. The molecule has 26 heavy (non-hydrogen) atoms. The summed E-state index contributed by atoms with van der Waals surface area (Å²) in [6, 6.07) is 9.09. The fourth-order valence-electron chi connectivity index (χ4n) is 2.97. The van der Waals surface area contributed by atoms with Crippen LogP contribution in [0.25, 0.3) is 0 Å². The van der Waals surface area contributed by atoms with Gasteiger partial charge in [0.2, 0.25) is 0 Å². The molecule has 0 saturated carbocycles. The summed E-state index contributed by atoms with van der Waals surface area (Å²) in [6.45, 7) is 11.2. The summed E-state index contributed by atoms with van der Waals surface area (Å²) in [4.78, 5) is 0. The molecule has 0 fully saturated rings. The highest BCUT2D eigenvalue weighted by Gasteiger charge is 1.99. The van der Waals surface area contributed by atoms with Gasteiger partial charge < -0.3 is 0 Å². The van der Waals surface area contributed by atoms with Crippen LogP contribution in [-0.2, 0) is 12.8 Å². The van der Waals surface area contributed by atoms with Crippen LogP contribution in [0.5, 0.6) is 0 Å². The van der Waals surface area contributed by atoms with Crippen LogP contribution >= 0.6 is 11.8 Å². The van der Waals surface area contributed by atoms with Crippen LogP contribution < -0.4 is 0 Å². The first kappa shape index (κ1) is 25.3. The Kier molecular flexibility index (Phi) is 18.6. The van der Waals surface area contributed by atoms with Crippen LogP contribution in [0, 0.1) is 5.92 Å². The van der Waals surface area contributed by atoms with E-state index in [0.29, 0.717) is 0 Å². The van der Waals surface area contributed by atoms with Gasteiger partial charge in [-0.2, -0.15) is 11.8 Å². The number of aryl methyl sites for hydroxylation is 2. The first-order valence-corrected chi connectivity index (χ1v) is 12.2. The molecule has 150 valence electrons. The predicted molar refractivity (Wildman–Crippen MR) is 124 cm³/mol. The smallest absolute Gasteiger partial charge is 0.00677 e. The standard InChI is InChI=1S/C19H30.C6H14S/c1-4-10-17(6-3)12-7-8-13-19-15-9-14-18(16-19)11-5-2;1-3-5-6-7-4-2/h7,9,12,14-17H,4-6,8,10-11,13H2,1-3H3;3-6H2,1-2H3/b12-7+;. The molecule has 1 unspecified atom stereocenters. The van der Waals surface area contributed by atoms with Gasteiger partial charge in [0, 0.05) is 0 Å². The zero-order chi connectivity index (χ0) is 19.5. The van der Waals surface area contributed by atoms with Crippen molar-refractivity contribution < 1.29 is 0 Å². The Morgan fingerprint density at radius 2 is 1.65 bits per heavy atom. The molecule has 0 heterocycles. The minimum absolute atomic E-state index is 0.788. The van der Waals surface area contributed by atoms with E-state index in [1.54, 1.807) is 0 Å². The molecule has 0 aliphatic heterocycles. The lowest BCUT2D eigenvalue weighted by atomic mass is 9.99. The van der Waals surface area contributed by atoms with Crippen molar-refractivity contribution in [2.24, 2.45) is 5.92 Å². The molecular weight excluding hydrogens is 332 g/mol. The molecule has 0 N–H and O–H groups in total. The first-order chi connectivity index (χ1) is 12.7. The summed E-state index contributed by atoms with van der Waals surface area (Å²) in [5, 5.41) is 0. The van der Waals surface area contributed by atoms with Gasteiger partial charge in [-0.05, 0) is 67.1 Å². The molecule has 1 aromatic carbocycles. The van der Waals surface area contributed by atoms with Gasteiger partial charge in [0.05, 0.1) is 0 Å². The Hall–Kier alpha value is -0.690. The summed E-state index contributed by atoms with van der Waals surface area (Å²) in [7, 11) is 0. The molecular formula is C25H44S. The van der Waals surface area contributed by atoms with Gasteiger partial charge in [0.25, 0.3) is 0 Å². The van der Waals surface area contributed by atoms with E-state index in [4.69, 9.17) is 0 Å². The summed E-state index contributed by atoms with van der Waals surface area (Å²) in [5.41, 5.74) is 2.97. The first-order valence-electron chi connectivity index (χ1n) is 11.0. The highest BCUT2D eigenvalue weighted by atomic mass is 32.2. The van der Waals surface area contributed by atoms with E-state index in [-0.39, 0.29) is 0 Å². The van der Waals surface area contributed by atoms with Gasteiger partial charge in [-0.3, -0.25) is 0 Å². The maximum atomic E-state index is 2.43. The molecule has 1 rings (SSSR count). The number of unbranched alkanes of at least 4 members (excludes halogenated alkanes) is 1. The molecule has 0 nitrogen and oxygen atoms in total. The molecule has 0 aliphatic carbocycles. The van der Waals surface area contributed by atoms with Gasteiger partial charge >= 0.3 is 0 Å². The van der Waals surface area contributed by atoms with Gasteiger partial charge in [-0.25, -0.2) is 0 Å². The van der Waals surface area contributed by atoms with Crippen LogP contribution in [0.2, 0.25) is 0 Å². The molecule has 1 aromatic rings. The molecule has 0 aliphatic rings. The number of rotatable bonds is 13. The van der Waals surface area contributed by atoms with Crippen LogP contribution in [0.3, 0.4) is 0 Å². The van der Waals surface area contributed by atoms with Crippen molar-refractivity contribution in [1.29, 1.82) is 0 Å². The lowest BCUT2D eigenvalue weighted by Gasteiger charge is -2.07. The van der Waals surface area contributed by atoms with Crippen molar-refractivity contribution in [2.75, 3.05) is 11.5 Å². The van der Waals surface area contributed by atoms with E-state index in [1.165, 1.54) is 80.4 Å². The highest BCUT2D eigenvalue weighted by Crippen LogP contribution is 2.14. The van der Waals surface area contributed by atoms with Crippen molar-refractivity contribution in [3.63, 3.8) is 0 Å². The minimum atomic E-state index is 0.788. The Bertz CT molecular complexity index is 432. The van der Waals surface area contributed by atoms with Gasteiger partial charge in [0.1, 0.15) is 0 Å². The normalized spacial score (nSPS) is 12.0. The molecule has 0 bridgehead atoms. The molecule has 1 atom stereocenters. The van der Waals surface area contributed by atoms with Crippen molar-refractivity contribution >= 4 is 11.8 Å². The average Bonchev–Trinajstić information content (AvgIpc) is 2.66. The Balaban J connectivity index is 0.000000758. The van der Waals surface area contributed by atoms with Gasteiger partial charge in [0.15, 0.2) is 0 Å². The third kappa shape index (κ3) is 14.5. The summed E-state index contributed by atoms with van der Waals surface area (Å²) < 4.78 is 0.